The predicted molar refractivity (Wildman–Crippen MR) is 53.2 cm³/mol. The highest BCUT2D eigenvalue weighted by Gasteiger charge is 2.68. The molecule has 0 aromatic heterocycles. The second-order valence-electron chi connectivity index (χ2n) is 5.43. The molecule has 0 saturated heterocycles. The van der Waals surface area contributed by atoms with Crippen LogP contribution in [0.1, 0.15) is 26.2 Å². The zero-order valence-electron chi connectivity index (χ0n) is 9.16. The molecule has 0 radical (unpaired) electrons. The SMILES string of the molecule is COC1CCC2[C@@H]3C(=O)C[C@@]2(C)C(=O)C13. The molecular formula is C12H16O3. The number of ether oxygens (including phenoxy) is 1. The van der Waals surface area contributed by atoms with Crippen molar-refractivity contribution in [1.82, 2.24) is 0 Å². The van der Waals surface area contributed by atoms with E-state index in [4.69, 9.17) is 4.74 Å². The summed E-state index contributed by atoms with van der Waals surface area (Å²) in [5.74, 6) is 0.769. The summed E-state index contributed by atoms with van der Waals surface area (Å²) in [7, 11) is 1.65. The van der Waals surface area contributed by atoms with Crippen LogP contribution in [0.5, 0.6) is 0 Å². The maximum atomic E-state index is 12.3. The van der Waals surface area contributed by atoms with E-state index in [1.54, 1.807) is 7.11 Å². The van der Waals surface area contributed by atoms with Crippen LogP contribution in [-0.4, -0.2) is 24.8 Å². The van der Waals surface area contributed by atoms with Gasteiger partial charge in [-0.15, -0.1) is 0 Å². The topological polar surface area (TPSA) is 43.4 Å². The molecule has 0 aromatic carbocycles. The van der Waals surface area contributed by atoms with Crippen LogP contribution in [0, 0.1) is 23.2 Å². The molecule has 82 valence electrons. The van der Waals surface area contributed by atoms with E-state index in [-0.39, 0.29) is 23.4 Å². The second-order valence-corrected chi connectivity index (χ2v) is 5.43. The molecule has 3 aliphatic carbocycles. The summed E-state index contributed by atoms with van der Waals surface area (Å²) >= 11 is 0. The smallest absolute Gasteiger partial charge is 0.145 e. The van der Waals surface area contributed by atoms with Gasteiger partial charge >= 0.3 is 0 Å². The molecule has 0 spiro atoms. The van der Waals surface area contributed by atoms with Crippen LogP contribution in [-0.2, 0) is 14.3 Å². The van der Waals surface area contributed by atoms with Crippen molar-refractivity contribution in [3.05, 3.63) is 0 Å². The maximum absolute atomic E-state index is 12.3. The van der Waals surface area contributed by atoms with Crippen LogP contribution >= 0.6 is 0 Å². The molecule has 0 aromatic rings. The Hall–Kier alpha value is -0.700. The number of carbonyl (C=O) groups is 2. The third-order valence-corrected chi connectivity index (χ3v) is 4.88. The first-order chi connectivity index (χ1) is 7.09. The summed E-state index contributed by atoms with van der Waals surface area (Å²) in [6, 6.07) is 0. The molecule has 3 aliphatic rings. The zero-order chi connectivity index (χ0) is 10.8. The first-order valence-corrected chi connectivity index (χ1v) is 5.69. The molecule has 3 heteroatoms. The van der Waals surface area contributed by atoms with E-state index in [9.17, 15) is 9.59 Å². The Labute approximate surface area is 89.2 Å². The summed E-state index contributed by atoms with van der Waals surface area (Å²) in [4.78, 5) is 24.1. The highest BCUT2D eigenvalue weighted by molar-refractivity contribution is 6.05. The molecule has 5 atom stereocenters. The van der Waals surface area contributed by atoms with E-state index in [1.165, 1.54) is 0 Å². The lowest BCUT2D eigenvalue weighted by Gasteiger charge is -2.31. The Bertz CT molecular complexity index is 349. The van der Waals surface area contributed by atoms with Crippen molar-refractivity contribution < 1.29 is 14.3 Å². The minimum absolute atomic E-state index is 0.00942. The zero-order valence-corrected chi connectivity index (χ0v) is 9.16. The van der Waals surface area contributed by atoms with Gasteiger partial charge in [0.25, 0.3) is 0 Å². The molecule has 0 amide bonds. The molecule has 3 fully saturated rings. The molecular weight excluding hydrogens is 192 g/mol. The molecule has 4 bridgehead atoms. The lowest BCUT2D eigenvalue weighted by Crippen LogP contribution is -2.41. The summed E-state index contributed by atoms with van der Waals surface area (Å²) < 4.78 is 5.36. The van der Waals surface area contributed by atoms with Crippen molar-refractivity contribution in [2.45, 2.75) is 32.3 Å². The normalized spacial score (nSPS) is 52.7. The van der Waals surface area contributed by atoms with Gasteiger partial charge in [-0.1, -0.05) is 6.92 Å². The Morgan fingerprint density at radius 3 is 2.67 bits per heavy atom. The van der Waals surface area contributed by atoms with Gasteiger partial charge in [0.15, 0.2) is 0 Å². The van der Waals surface area contributed by atoms with E-state index >= 15 is 0 Å². The first kappa shape index (κ1) is 9.52. The molecule has 15 heavy (non-hydrogen) atoms. The fourth-order valence-corrected chi connectivity index (χ4v) is 4.18. The predicted octanol–water partition coefficient (Wildman–Crippen LogP) is 1.21. The van der Waals surface area contributed by atoms with Gasteiger partial charge in [-0.25, -0.2) is 0 Å². The number of hydrogen-bond acceptors (Lipinski definition) is 3. The van der Waals surface area contributed by atoms with Gasteiger partial charge in [-0.05, 0) is 18.8 Å². The van der Waals surface area contributed by atoms with E-state index in [1.807, 2.05) is 6.92 Å². The Balaban J connectivity index is 2.07. The Morgan fingerprint density at radius 2 is 2.00 bits per heavy atom. The number of Topliss-reactive ketones (excluding diaryl/α,β-unsaturated/α-hetero) is 2. The van der Waals surface area contributed by atoms with Crippen LogP contribution < -0.4 is 0 Å². The summed E-state index contributed by atoms with van der Waals surface area (Å²) in [6.45, 7) is 1.98. The average Bonchev–Trinajstić information content (AvgIpc) is 2.56. The fraction of sp³-hybridized carbons (Fsp3) is 0.833. The van der Waals surface area contributed by atoms with Gasteiger partial charge in [0.05, 0.1) is 12.0 Å². The Kier molecular flexibility index (Phi) is 1.71. The maximum Gasteiger partial charge on any atom is 0.145 e. The van der Waals surface area contributed by atoms with Crippen molar-refractivity contribution in [3.63, 3.8) is 0 Å². The molecule has 3 unspecified atom stereocenters. The minimum atomic E-state index is -0.348. The fourth-order valence-electron chi connectivity index (χ4n) is 4.18. The summed E-state index contributed by atoms with van der Waals surface area (Å²) in [5, 5.41) is 0. The number of hydrogen-bond donors (Lipinski definition) is 0. The van der Waals surface area contributed by atoms with Gasteiger partial charge in [-0.3, -0.25) is 9.59 Å². The van der Waals surface area contributed by atoms with Crippen molar-refractivity contribution >= 4 is 11.6 Å². The minimum Gasteiger partial charge on any atom is -0.381 e. The number of ketones is 2. The van der Waals surface area contributed by atoms with Gasteiger partial charge in [0, 0.05) is 24.9 Å². The van der Waals surface area contributed by atoms with Crippen LogP contribution in [0.25, 0.3) is 0 Å². The van der Waals surface area contributed by atoms with Gasteiger partial charge in [0.1, 0.15) is 11.6 Å². The molecule has 0 heterocycles. The van der Waals surface area contributed by atoms with Crippen LogP contribution in [0.2, 0.25) is 0 Å². The monoisotopic (exact) mass is 208 g/mol. The van der Waals surface area contributed by atoms with E-state index in [2.05, 4.69) is 0 Å². The highest BCUT2D eigenvalue weighted by Crippen LogP contribution is 2.62. The van der Waals surface area contributed by atoms with Gasteiger partial charge < -0.3 is 4.74 Å². The lowest BCUT2D eigenvalue weighted by molar-refractivity contribution is -0.142. The molecule has 0 aliphatic heterocycles. The van der Waals surface area contributed by atoms with Crippen molar-refractivity contribution in [3.8, 4) is 0 Å². The van der Waals surface area contributed by atoms with Crippen molar-refractivity contribution in [2.24, 2.45) is 23.2 Å². The van der Waals surface area contributed by atoms with Crippen LogP contribution in [0.15, 0.2) is 0 Å². The third-order valence-electron chi connectivity index (χ3n) is 4.88. The van der Waals surface area contributed by atoms with Crippen molar-refractivity contribution in [2.75, 3.05) is 7.11 Å². The standard InChI is InChI=1S/C12H16O3/c1-12-5-7(13)9-6(12)3-4-8(15-2)10(9)11(12)14/h6,8-10H,3-5H2,1-2H3/t6?,8?,9-,10?,12-/m1/s1. The number of methoxy groups -OCH3 is 1. The average molecular weight is 208 g/mol. The number of carbonyl (C=O) groups excluding carboxylic acids is 2. The molecule has 3 nitrogen and oxygen atoms in total. The van der Waals surface area contributed by atoms with E-state index in [0.29, 0.717) is 23.9 Å². The summed E-state index contributed by atoms with van der Waals surface area (Å²) in [5.41, 5.74) is -0.348. The van der Waals surface area contributed by atoms with Gasteiger partial charge in [-0.2, -0.15) is 0 Å². The summed E-state index contributed by atoms with van der Waals surface area (Å²) in [6.07, 6.45) is 2.39. The first-order valence-electron chi connectivity index (χ1n) is 5.69. The van der Waals surface area contributed by atoms with Crippen LogP contribution in [0.3, 0.4) is 0 Å². The second kappa shape index (κ2) is 2.70. The molecule has 3 saturated carbocycles. The highest BCUT2D eigenvalue weighted by atomic mass is 16.5. The van der Waals surface area contributed by atoms with Gasteiger partial charge in [0.2, 0.25) is 0 Å². The quantitative estimate of drug-likeness (QED) is 0.650. The van der Waals surface area contributed by atoms with Crippen LogP contribution in [0.4, 0.5) is 0 Å². The largest absolute Gasteiger partial charge is 0.381 e. The lowest BCUT2D eigenvalue weighted by atomic mass is 9.76. The number of rotatable bonds is 1. The van der Waals surface area contributed by atoms with E-state index in [0.717, 1.165) is 12.8 Å². The molecule has 0 N–H and O–H groups in total. The van der Waals surface area contributed by atoms with E-state index < -0.39 is 0 Å². The Morgan fingerprint density at radius 1 is 1.27 bits per heavy atom. The van der Waals surface area contributed by atoms with Crippen molar-refractivity contribution in [1.29, 1.82) is 0 Å². The molecule has 3 rings (SSSR count). The third kappa shape index (κ3) is 0.906.